The van der Waals surface area contributed by atoms with Gasteiger partial charge in [-0.1, -0.05) is 30.7 Å². The Morgan fingerprint density at radius 3 is 2.39 bits per heavy atom. The number of ether oxygens (including phenoxy) is 1. The summed E-state index contributed by atoms with van der Waals surface area (Å²) in [6.07, 6.45) is 8.93. The van der Waals surface area contributed by atoms with Gasteiger partial charge in [-0.2, -0.15) is 5.26 Å². The summed E-state index contributed by atoms with van der Waals surface area (Å²) in [5.41, 5.74) is 7.10. The van der Waals surface area contributed by atoms with Crippen molar-refractivity contribution >= 4 is 5.65 Å². The van der Waals surface area contributed by atoms with Gasteiger partial charge >= 0.3 is 0 Å². The zero-order valence-electron chi connectivity index (χ0n) is 20.8. The number of imidazole rings is 1. The number of methoxy groups -OCH3 is 1. The summed E-state index contributed by atoms with van der Waals surface area (Å²) in [7, 11) is 3.77. The minimum Gasteiger partial charge on any atom is -0.478 e. The van der Waals surface area contributed by atoms with Crippen LogP contribution in [-0.4, -0.2) is 57.7 Å². The lowest BCUT2D eigenvalue weighted by Gasteiger charge is -2.20. The lowest BCUT2D eigenvalue weighted by atomic mass is 9.99. The zero-order chi connectivity index (χ0) is 25.1. The highest BCUT2D eigenvalue weighted by atomic mass is 16.5. The molecule has 2 aromatic heterocycles. The van der Waals surface area contributed by atoms with Gasteiger partial charge in [-0.05, 0) is 75.1 Å². The van der Waals surface area contributed by atoms with E-state index in [0.717, 1.165) is 28.1 Å². The third-order valence-corrected chi connectivity index (χ3v) is 6.96. The molecule has 0 saturated carbocycles. The van der Waals surface area contributed by atoms with Crippen molar-refractivity contribution < 1.29 is 9.84 Å². The fraction of sp³-hybridized carbons (Fsp3) is 0.345. The minimum atomic E-state index is -0.319. The fourth-order valence-electron chi connectivity index (χ4n) is 5.07. The van der Waals surface area contributed by atoms with Crippen molar-refractivity contribution in [3.8, 4) is 34.5 Å². The molecule has 1 unspecified atom stereocenters. The van der Waals surface area contributed by atoms with Gasteiger partial charge in [0.15, 0.2) is 0 Å². The molecule has 1 atom stereocenters. The van der Waals surface area contributed by atoms with Crippen LogP contribution in [0.4, 0.5) is 0 Å². The molecule has 4 aromatic rings. The summed E-state index contributed by atoms with van der Waals surface area (Å²) in [4.78, 5) is 11.6. The fourth-order valence-corrected chi connectivity index (χ4v) is 5.07. The molecular weight excluding hydrogens is 450 g/mol. The summed E-state index contributed by atoms with van der Waals surface area (Å²) >= 11 is 0. The van der Waals surface area contributed by atoms with Crippen molar-refractivity contribution in [3.05, 3.63) is 71.5 Å². The molecule has 184 valence electrons. The van der Waals surface area contributed by atoms with E-state index in [1.165, 1.54) is 37.9 Å². The highest BCUT2D eigenvalue weighted by Crippen LogP contribution is 2.36. The Kier molecular flexibility index (Phi) is 6.99. The van der Waals surface area contributed by atoms with Crippen molar-refractivity contribution in [2.75, 3.05) is 27.2 Å². The molecule has 36 heavy (non-hydrogen) atoms. The number of aliphatic hydroxyl groups excluding tert-OH is 1. The predicted octanol–water partition coefficient (Wildman–Crippen LogP) is 4.51. The minimum absolute atomic E-state index is 0.319. The third-order valence-electron chi connectivity index (χ3n) is 6.96. The highest BCUT2D eigenvalue weighted by molar-refractivity contribution is 5.82. The van der Waals surface area contributed by atoms with Gasteiger partial charge in [0.1, 0.15) is 0 Å². The molecule has 7 nitrogen and oxygen atoms in total. The lowest BCUT2D eigenvalue weighted by molar-refractivity contribution is 0.187. The van der Waals surface area contributed by atoms with E-state index < -0.39 is 0 Å². The number of hydrogen-bond donors (Lipinski definition) is 1. The first-order valence-corrected chi connectivity index (χ1v) is 12.5. The van der Waals surface area contributed by atoms with Crippen LogP contribution in [0.1, 0.15) is 36.0 Å². The van der Waals surface area contributed by atoms with Gasteiger partial charge in [0.25, 0.3) is 5.88 Å². The van der Waals surface area contributed by atoms with E-state index in [0.29, 0.717) is 29.9 Å². The highest BCUT2D eigenvalue weighted by Gasteiger charge is 2.23. The van der Waals surface area contributed by atoms with Crippen LogP contribution >= 0.6 is 0 Å². The summed E-state index contributed by atoms with van der Waals surface area (Å²) in [6.45, 7) is 2.64. The normalized spacial score (nSPS) is 17.2. The van der Waals surface area contributed by atoms with Gasteiger partial charge in [-0.3, -0.25) is 4.40 Å². The van der Waals surface area contributed by atoms with Crippen molar-refractivity contribution in [2.24, 2.45) is 0 Å². The first-order chi connectivity index (χ1) is 17.6. The smallest absolute Gasteiger partial charge is 0.258 e. The van der Waals surface area contributed by atoms with Crippen LogP contribution in [-0.2, 0) is 12.8 Å². The topological polar surface area (TPSA) is 86.7 Å². The van der Waals surface area contributed by atoms with Crippen LogP contribution in [0.3, 0.4) is 0 Å². The molecule has 0 amide bonds. The molecule has 1 saturated heterocycles. The first kappa shape index (κ1) is 24.0. The molecule has 1 aliphatic heterocycles. The van der Waals surface area contributed by atoms with E-state index in [4.69, 9.17) is 15.0 Å². The van der Waals surface area contributed by atoms with E-state index in [1.807, 2.05) is 22.7 Å². The molecular formula is C29H31N5O2. The van der Waals surface area contributed by atoms with E-state index in [-0.39, 0.29) is 6.10 Å². The molecule has 6 rings (SSSR count). The van der Waals surface area contributed by atoms with Gasteiger partial charge in [0.2, 0.25) is 5.65 Å². The molecule has 2 aromatic carbocycles. The van der Waals surface area contributed by atoms with Crippen LogP contribution in [0.25, 0.3) is 28.2 Å². The first-order valence-electron chi connectivity index (χ1n) is 12.5. The van der Waals surface area contributed by atoms with Gasteiger partial charge in [0.05, 0.1) is 36.2 Å². The largest absolute Gasteiger partial charge is 0.478 e. The Morgan fingerprint density at radius 1 is 1.00 bits per heavy atom. The Labute approximate surface area is 211 Å². The van der Waals surface area contributed by atoms with Crippen molar-refractivity contribution in [2.45, 2.75) is 38.2 Å². The maximum absolute atomic E-state index is 10.0. The maximum Gasteiger partial charge on any atom is 0.258 e. The van der Waals surface area contributed by atoms with Gasteiger partial charge < -0.3 is 14.7 Å². The SMILES string of the molecule is CN1CCCCC1.COc1nc(-c2ccc(C#N)cc2)c(-c2ccc3c(c2)CC(O)C3)n2ccnc12. The molecule has 0 radical (unpaired) electrons. The number of aliphatic hydroxyl groups is 1. The second-order valence-electron chi connectivity index (χ2n) is 9.54. The lowest BCUT2D eigenvalue weighted by Crippen LogP contribution is -2.24. The van der Waals surface area contributed by atoms with Crippen LogP contribution in [0.2, 0.25) is 0 Å². The second-order valence-corrected chi connectivity index (χ2v) is 9.54. The number of nitriles is 1. The summed E-state index contributed by atoms with van der Waals surface area (Å²) in [5, 5.41) is 19.2. The van der Waals surface area contributed by atoms with Crippen molar-refractivity contribution in [3.63, 3.8) is 0 Å². The quantitative estimate of drug-likeness (QED) is 0.464. The molecule has 7 heteroatoms. The number of aromatic nitrogens is 3. The number of fused-ring (bicyclic) bond motifs is 2. The number of benzene rings is 2. The summed E-state index contributed by atoms with van der Waals surface area (Å²) in [6, 6.07) is 15.8. The number of rotatable bonds is 3. The van der Waals surface area contributed by atoms with Gasteiger partial charge in [-0.25, -0.2) is 9.97 Å². The predicted molar refractivity (Wildman–Crippen MR) is 140 cm³/mol. The molecule has 0 spiro atoms. The number of hydrogen-bond acceptors (Lipinski definition) is 6. The van der Waals surface area contributed by atoms with Crippen molar-refractivity contribution in [1.29, 1.82) is 5.26 Å². The number of nitrogens with zero attached hydrogens (tertiary/aromatic N) is 5. The standard InChI is InChI=1S/C23H18N4O2.C6H13N/c1-29-23-22-25-8-9-27(22)21(17-7-6-16-11-19(28)12-18(16)10-17)20(26-23)15-4-2-14(13-24)3-5-15;1-7-5-3-2-4-6-7/h2-10,19,28H,11-12H2,1H3;2-6H2,1H3. The number of likely N-dealkylation sites (tertiary alicyclic amines) is 1. The summed E-state index contributed by atoms with van der Waals surface area (Å²) < 4.78 is 7.47. The Morgan fingerprint density at radius 2 is 1.72 bits per heavy atom. The Bertz CT molecular complexity index is 1400. The summed E-state index contributed by atoms with van der Waals surface area (Å²) in [5.74, 6) is 0.440. The third kappa shape index (κ3) is 4.83. The average molecular weight is 482 g/mol. The van der Waals surface area contributed by atoms with E-state index in [2.05, 4.69) is 41.2 Å². The van der Waals surface area contributed by atoms with E-state index >= 15 is 0 Å². The molecule has 3 heterocycles. The Hall–Kier alpha value is -3.73. The molecule has 2 aliphatic rings. The molecule has 0 bridgehead atoms. The second kappa shape index (κ2) is 10.5. The average Bonchev–Trinajstić information content (AvgIpc) is 3.54. The maximum atomic E-state index is 10.0. The zero-order valence-corrected chi connectivity index (χ0v) is 20.8. The van der Waals surface area contributed by atoms with Crippen LogP contribution in [0.5, 0.6) is 5.88 Å². The van der Waals surface area contributed by atoms with Crippen LogP contribution < -0.4 is 4.74 Å². The Balaban J connectivity index is 0.000000330. The van der Waals surface area contributed by atoms with E-state index in [1.54, 1.807) is 25.4 Å². The van der Waals surface area contributed by atoms with Crippen molar-refractivity contribution in [1.82, 2.24) is 19.3 Å². The van der Waals surface area contributed by atoms with E-state index in [9.17, 15) is 5.11 Å². The number of piperidine rings is 1. The molecule has 1 fully saturated rings. The monoisotopic (exact) mass is 481 g/mol. The van der Waals surface area contributed by atoms with Gasteiger partial charge in [-0.15, -0.1) is 0 Å². The van der Waals surface area contributed by atoms with Crippen LogP contribution in [0.15, 0.2) is 54.9 Å². The molecule has 1 N–H and O–H groups in total. The molecule has 1 aliphatic carbocycles. The van der Waals surface area contributed by atoms with Crippen LogP contribution in [0, 0.1) is 11.3 Å². The van der Waals surface area contributed by atoms with Gasteiger partial charge in [0, 0.05) is 23.5 Å².